The van der Waals surface area contributed by atoms with Gasteiger partial charge in [-0.05, 0) is 32.6 Å². The molecule has 0 aromatic carbocycles. The molecule has 1 fully saturated rings. The Hall–Kier alpha value is -0.130. The van der Waals surface area contributed by atoms with Gasteiger partial charge in [-0.25, -0.2) is 8.42 Å². The maximum atomic E-state index is 12.2. The van der Waals surface area contributed by atoms with Crippen LogP contribution in [0.15, 0.2) is 0 Å². The molecule has 1 saturated carbocycles. The average Bonchev–Trinajstić information content (AvgIpc) is 2.96. The standard InChI is InChI=1S/C12H26N2O2S/c1-10(2)9-14(11(3)4)17(15,16)8-7-13-12-5-6-12/h10-13H,5-9H2,1-4H3. The van der Waals surface area contributed by atoms with Crippen LogP contribution in [-0.4, -0.2) is 43.6 Å². The van der Waals surface area contributed by atoms with Crippen molar-refractivity contribution < 1.29 is 8.42 Å². The predicted molar refractivity (Wildman–Crippen MR) is 71.5 cm³/mol. The first-order valence-corrected chi connectivity index (χ1v) is 8.16. The van der Waals surface area contributed by atoms with Gasteiger partial charge < -0.3 is 5.32 Å². The maximum absolute atomic E-state index is 12.2. The van der Waals surface area contributed by atoms with E-state index in [9.17, 15) is 8.42 Å². The fourth-order valence-corrected chi connectivity index (χ4v) is 3.58. The smallest absolute Gasteiger partial charge is 0.215 e. The highest BCUT2D eigenvalue weighted by atomic mass is 32.2. The van der Waals surface area contributed by atoms with Gasteiger partial charge in [0.25, 0.3) is 0 Å². The third-order valence-electron chi connectivity index (χ3n) is 2.85. The van der Waals surface area contributed by atoms with Gasteiger partial charge in [-0.15, -0.1) is 0 Å². The molecule has 1 rings (SSSR count). The lowest BCUT2D eigenvalue weighted by atomic mass is 10.2. The minimum absolute atomic E-state index is 0.0447. The van der Waals surface area contributed by atoms with Crippen LogP contribution in [0, 0.1) is 5.92 Å². The van der Waals surface area contributed by atoms with E-state index in [-0.39, 0.29) is 11.8 Å². The molecule has 1 aliphatic carbocycles. The Kier molecular flexibility index (Phi) is 5.41. The van der Waals surface area contributed by atoms with E-state index in [0.29, 0.717) is 25.0 Å². The number of hydrogen-bond donors (Lipinski definition) is 1. The van der Waals surface area contributed by atoms with Crippen molar-refractivity contribution in [1.82, 2.24) is 9.62 Å². The van der Waals surface area contributed by atoms with Gasteiger partial charge in [-0.1, -0.05) is 13.8 Å². The Morgan fingerprint density at radius 2 is 1.82 bits per heavy atom. The third-order valence-corrected chi connectivity index (χ3v) is 4.85. The average molecular weight is 262 g/mol. The summed E-state index contributed by atoms with van der Waals surface area (Å²) in [5.74, 6) is 0.581. The molecule has 0 atom stereocenters. The summed E-state index contributed by atoms with van der Waals surface area (Å²) in [5.41, 5.74) is 0. The minimum Gasteiger partial charge on any atom is -0.313 e. The van der Waals surface area contributed by atoms with Gasteiger partial charge in [-0.3, -0.25) is 0 Å². The van der Waals surface area contributed by atoms with Crippen LogP contribution in [0.25, 0.3) is 0 Å². The lowest BCUT2D eigenvalue weighted by Crippen LogP contribution is -2.42. The lowest BCUT2D eigenvalue weighted by Gasteiger charge is -2.27. The van der Waals surface area contributed by atoms with Crippen molar-refractivity contribution in [2.45, 2.75) is 52.6 Å². The molecule has 5 heteroatoms. The Labute approximate surface area is 106 Å². The summed E-state index contributed by atoms with van der Waals surface area (Å²) in [6, 6.07) is 0.617. The summed E-state index contributed by atoms with van der Waals surface area (Å²) < 4.78 is 26.0. The summed E-state index contributed by atoms with van der Waals surface area (Å²) in [7, 11) is -3.11. The van der Waals surface area contributed by atoms with Crippen LogP contribution in [0.4, 0.5) is 0 Å². The van der Waals surface area contributed by atoms with E-state index in [1.54, 1.807) is 4.31 Å². The van der Waals surface area contributed by atoms with Gasteiger partial charge in [-0.2, -0.15) is 4.31 Å². The van der Waals surface area contributed by atoms with Crippen LogP contribution in [0.1, 0.15) is 40.5 Å². The normalized spacial score (nSPS) is 17.4. The molecular weight excluding hydrogens is 236 g/mol. The number of rotatable bonds is 8. The van der Waals surface area contributed by atoms with Crippen LogP contribution in [0.5, 0.6) is 0 Å². The molecule has 1 aliphatic rings. The zero-order chi connectivity index (χ0) is 13.1. The number of nitrogens with one attached hydrogen (secondary N) is 1. The van der Waals surface area contributed by atoms with Crippen molar-refractivity contribution in [2.24, 2.45) is 5.92 Å². The van der Waals surface area contributed by atoms with E-state index < -0.39 is 10.0 Å². The van der Waals surface area contributed by atoms with Gasteiger partial charge >= 0.3 is 0 Å². The van der Waals surface area contributed by atoms with Crippen LogP contribution >= 0.6 is 0 Å². The SMILES string of the molecule is CC(C)CN(C(C)C)S(=O)(=O)CCNC1CC1. The Bertz CT molecular complexity index is 321. The monoisotopic (exact) mass is 262 g/mol. The molecular formula is C12H26N2O2S. The van der Waals surface area contributed by atoms with Gasteiger partial charge in [0.1, 0.15) is 0 Å². The molecule has 102 valence electrons. The largest absolute Gasteiger partial charge is 0.313 e. The first kappa shape index (κ1) is 14.9. The highest BCUT2D eigenvalue weighted by Crippen LogP contribution is 2.18. The molecule has 0 unspecified atom stereocenters. The lowest BCUT2D eigenvalue weighted by molar-refractivity contribution is 0.318. The highest BCUT2D eigenvalue weighted by Gasteiger charge is 2.26. The molecule has 0 aromatic heterocycles. The second kappa shape index (κ2) is 6.16. The quantitative estimate of drug-likeness (QED) is 0.720. The number of sulfonamides is 1. The van der Waals surface area contributed by atoms with Crippen molar-refractivity contribution in [3.8, 4) is 0 Å². The molecule has 0 saturated heterocycles. The van der Waals surface area contributed by atoms with E-state index in [1.807, 2.05) is 27.7 Å². The van der Waals surface area contributed by atoms with E-state index in [4.69, 9.17) is 0 Å². The molecule has 0 radical (unpaired) electrons. The van der Waals surface area contributed by atoms with Crippen molar-refractivity contribution in [3.63, 3.8) is 0 Å². The van der Waals surface area contributed by atoms with E-state index >= 15 is 0 Å². The third kappa shape index (κ3) is 5.36. The molecule has 0 aliphatic heterocycles. The molecule has 4 nitrogen and oxygen atoms in total. The van der Waals surface area contributed by atoms with E-state index in [2.05, 4.69) is 5.32 Å². The molecule has 0 aromatic rings. The fraction of sp³-hybridized carbons (Fsp3) is 1.00. The summed E-state index contributed by atoms with van der Waals surface area (Å²) in [5, 5.41) is 3.25. The first-order chi connectivity index (χ1) is 7.83. The second-order valence-electron chi connectivity index (χ2n) is 5.60. The molecule has 0 heterocycles. The van der Waals surface area contributed by atoms with Crippen molar-refractivity contribution >= 4 is 10.0 Å². The Morgan fingerprint density at radius 1 is 1.24 bits per heavy atom. The molecule has 0 spiro atoms. The van der Waals surface area contributed by atoms with Gasteiger partial charge in [0.05, 0.1) is 5.75 Å². The Morgan fingerprint density at radius 3 is 2.24 bits per heavy atom. The van der Waals surface area contributed by atoms with E-state index in [1.165, 1.54) is 12.8 Å². The zero-order valence-electron chi connectivity index (χ0n) is 11.4. The minimum atomic E-state index is -3.11. The maximum Gasteiger partial charge on any atom is 0.215 e. The van der Waals surface area contributed by atoms with Crippen molar-refractivity contribution in [3.05, 3.63) is 0 Å². The number of hydrogen-bond acceptors (Lipinski definition) is 3. The highest BCUT2D eigenvalue weighted by molar-refractivity contribution is 7.89. The van der Waals surface area contributed by atoms with Gasteiger partial charge in [0, 0.05) is 25.2 Å². The molecule has 0 bridgehead atoms. The summed E-state index contributed by atoms with van der Waals surface area (Å²) in [6.07, 6.45) is 2.39. The van der Waals surface area contributed by atoms with Crippen LogP contribution < -0.4 is 5.32 Å². The molecule has 17 heavy (non-hydrogen) atoms. The second-order valence-corrected chi connectivity index (χ2v) is 7.64. The molecule has 1 N–H and O–H groups in total. The van der Waals surface area contributed by atoms with Crippen molar-refractivity contribution in [1.29, 1.82) is 0 Å². The molecule has 0 amide bonds. The summed E-state index contributed by atoms with van der Waals surface area (Å²) >= 11 is 0. The van der Waals surface area contributed by atoms with Crippen LogP contribution in [0.3, 0.4) is 0 Å². The summed E-state index contributed by atoms with van der Waals surface area (Å²) in [4.78, 5) is 0. The van der Waals surface area contributed by atoms with Gasteiger partial charge in [0.2, 0.25) is 10.0 Å². The predicted octanol–water partition coefficient (Wildman–Crippen LogP) is 1.43. The van der Waals surface area contributed by atoms with Crippen LogP contribution in [0.2, 0.25) is 0 Å². The number of nitrogens with zero attached hydrogens (tertiary/aromatic N) is 1. The van der Waals surface area contributed by atoms with Crippen molar-refractivity contribution in [2.75, 3.05) is 18.8 Å². The zero-order valence-corrected chi connectivity index (χ0v) is 12.3. The van der Waals surface area contributed by atoms with Gasteiger partial charge in [0.15, 0.2) is 0 Å². The first-order valence-electron chi connectivity index (χ1n) is 6.56. The van der Waals surface area contributed by atoms with Crippen LogP contribution in [-0.2, 0) is 10.0 Å². The van der Waals surface area contributed by atoms with E-state index in [0.717, 1.165) is 0 Å². The topological polar surface area (TPSA) is 49.4 Å². The Balaban J connectivity index is 2.49. The fourth-order valence-electron chi connectivity index (χ4n) is 1.80. The summed E-state index contributed by atoms with van der Waals surface area (Å²) in [6.45, 7) is 9.17.